The highest BCUT2D eigenvalue weighted by atomic mass is 79.9. The number of halogens is 1. The zero-order chi connectivity index (χ0) is 9.42. The Morgan fingerprint density at radius 2 is 2.31 bits per heavy atom. The van der Waals surface area contributed by atoms with E-state index in [9.17, 15) is 10.1 Å². The summed E-state index contributed by atoms with van der Waals surface area (Å²) in [6.45, 7) is 0. The van der Waals surface area contributed by atoms with Crippen molar-refractivity contribution in [2.45, 2.75) is 0 Å². The Balaban J connectivity index is 2.80. The van der Waals surface area contributed by atoms with Gasteiger partial charge in [-0.3, -0.25) is 10.1 Å². The molecule has 4 nitrogen and oxygen atoms in total. The predicted molar refractivity (Wildman–Crippen MR) is 54.0 cm³/mol. The van der Waals surface area contributed by atoms with Gasteiger partial charge in [0, 0.05) is 6.07 Å². The second kappa shape index (κ2) is 3.04. The third-order valence-corrected chi connectivity index (χ3v) is 3.19. The lowest BCUT2D eigenvalue weighted by Crippen LogP contribution is -1.88. The summed E-state index contributed by atoms with van der Waals surface area (Å²) in [7, 11) is 0. The molecule has 0 aliphatic carbocycles. The molecule has 0 saturated carbocycles. The van der Waals surface area contributed by atoms with Crippen molar-refractivity contribution < 1.29 is 4.92 Å². The number of rotatable bonds is 1. The highest BCUT2D eigenvalue weighted by molar-refractivity contribution is 9.10. The van der Waals surface area contributed by atoms with E-state index in [-0.39, 0.29) is 5.69 Å². The van der Waals surface area contributed by atoms with Crippen LogP contribution in [0.25, 0.3) is 10.2 Å². The molecule has 1 aromatic heterocycles. The monoisotopic (exact) mass is 258 g/mol. The summed E-state index contributed by atoms with van der Waals surface area (Å²) in [5.74, 6) is 0. The Bertz CT molecular complexity index is 482. The smallest absolute Gasteiger partial charge is 0.258 e. The molecule has 0 aliphatic rings. The third-order valence-electron chi connectivity index (χ3n) is 1.62. The SMILES string of the molecule is O=[N+]([O-])c1ccc2scnc2c1Br. The predicted octanol–water partition coefficient (Wildman–Crippen LogP) is 2.97. The van der Waals surface area contributed by atoms with E-state index in [0.717, 1.165) is 4.70 Å². The summed E-state index contributed by atoms with van der Waals surface area (Å²) in [5.41, 5.74) is 2.37. The first kappa shape index (κ1) is 8.58. The number of hydrogen-bond acceptors (Lipinski definition) is 4. The van der Waals surface area contributed by atoms with E-state index in [0.29, 0.717) is 9.99 Å². The maximum atomic E-state index is 10.5. The number of nitro benzene ring substituents is 1. The van der Waals surface area contributed by atoms with E-state index in [1.165, 1.54) is 17.4 Å². The summed E-state index contributed by atoms with van der Waals surface area (Å²) < 4.78 is 1.40. The van der Waals surface area contributed by atoms with Crippen molar-refractivity contribution >= 4 is 43.2 Å². The molecule has 13 heavy (non-hydrogen) atoms. The average molecular weight is 259 g/mol. The van der Waals surface area contributed by atoms with Gasteiger partial charge in [0.25, 0.3) is 5.69 Å². The van der Waals surface area contributed by atoms with Gasteiger partial charge in [0.1, 0.15) is 9.99 Å². The quantitative estimate of drug-likeness (QED) is 0.584. The van der Waals surface area contributed by atoms with Crippen molar-refractivity contribution in [3.63, 3.8) is 0 Å². The highest BCUT2D eigenvalue weighted by Crippen LogP contribution is 2.33. The fourth-order valence-corrected chi connectivity index (χ4v) is 2.44. The summed E-state index contributed by atoms with van der Waals surface area (Å²) >= 11 is 4.62. The number of thiazole rings is 1. The standard InChI is InChI=1S/C7H3BrN2O2S/c8-6-4(10(11)12)1-2-5-7(6)9-3-13-5/h1-3H. The Hall–Kier alpha value is -1.01. The van der Waals surface area contributed by atoms with E-state index in [2.05, 4.69) is 20.9 Å². The Kier molecular flexibility index (Phi) is 2.01. The normalized spacial score (nSPS) is 10.5. The fraction of sp³-hybridized carbons (Fsp3) is 0. The molecule has 1 heterocycles. The maximum Gasteiger partial charge on any atom is 0.285 e. The van der Waals surface area contributed by atoms with Gasteiger partial charge in [-0.25, -0.2) is 4.98 Å². The van der Waals surface area contributed by atoms with Gasteiger partial charge < -0.3 is 0 Å². The minimum atomic E-state index is -0.428. The number of hydrogen-bond donors (Lipinski definition) is 0. The molecule has 2 aromatic rings. The van der Waals surface area contributed by atoms with E-state index >= 15 is 0 Å². The number of nitro groups is 1. The van der Waals surface area contributed by atoms with Gasteiger partial charge in [0.15, 0.2) is 0 Å². The molecule has 0 radical (unpaired) electrons. The van der Waals surface area contributed by atoms with Gasteiger partial charge in [0.2, 0.25) is 0 Å². The summed E-state index contributed by atoms with van der Waals surface area (Å²) in [5, 5.41) is 10.5. The zero-order valence-electron chi connectivity index (χ0n) is 6.23. The number of aromatic nitrogens is 1. The van der Waals surface area contributed by atoms with Crippen LogP contribution in [0, 0.1) is 10.1 Å². The second-order valence-electron chi connectivity index (χ2n) is 2.35. The molecule has 0 atom stereocenters. The van der Waals surface area contributed by atoms with Gasteiger partial charge in [-0.1, -0.05) is 0 Å². The fourth-order valence-electron chi connectivity index (χ4n) is 1.03. The molecule has 6 heteroatoms. The lowest BCUT2D eigenvalue weighted by atomic mass is 10.3. The molecule has 0 unspecified atom stereocenters. The van der Waals surface area contributed by atoms with Crippen LogP contribution in [-0.4, -0.2) is 9.91 Å². The van der Waals surface area contributed by atoms with Crippen molar-refractivity contribution in [1.29, 1.82) is 0 Å². The lowest BCUT2D eigenvalue weighted by Gasteiger charge is -1.94. The number of benzene rings is 1. The summed E-state index contributed by atoms with van der Waals surface area (Å²) in [4.78, 5) is 14.1. The van der Waals surface area contributed by atoms with E-state index in [4.69, 9.17) is 0 Å². The second-order valence-corrected chi connectivity index (χ2v) is 4.03. The van der Waals surface area contributed by atoms with Gasteiger partial charge >= 0.3 is 0 Å². The third kappa shape index (κ3) is 1.31. The molecular weight excluding hydrogens is 256 g/mol. The van der Waals surface area contributed by atoms with Gasteiger partial charge in [-0.05, 0) is 22.0 Å². The van der Waals surface area contributed by atoms with Crippen LogP contribution in [0.5, 0.6) is 0 Å². The first-order chi connectivity index (χ1) is 6.20. The topological polar surface area (TPSA) is 56.0 Å². The largest absolute Gasteiger partial charge is 0.285 e. The number of nitrogens with zero attached hydrogens (tertiary/aromatic N) is 2. The molecule has 2 rings (SSSR count). The Labute approximate surface area is 85.5 Å². The molecule has 0 N–H and O–H groups in total. The highest BCUT2D eigenvalue weighted by Gasteiger charge is 2.15. The van der Waals surface area contributed by atoms with Crippen molar-refractivity contribution in [1.82, 2.24) is 4.98 Å². The molecule has 0 fully saturated rings. The molecule has 0 amide bonds. The molecule has 0 bridgehead atoms. The van der Waals surface area contributed by atoms with Crippen LogP contribution in [0.1, 0.15) is 0 Å². The molecule has 0 aliphatic heterocycles. The summed E-state index contributed by atoms with van der Waals surface area (Å²) in [6.07, 6.45) is 0. The maximum absolute atomic E-state index is 10.5. The zero-order valence-corrected chi connectivity index (χ0v) is 8.63. The van der Waals surface area contributed by atoms with Crippen LogP contribution in [-0.2, 0) is 0 Å². The summed E-state index contributed by atoms with van der Waals surface area (Å²) in [6, 6.07) is 3.18. The van der Waals surface area contributed by atoms with Gasteiger partial charge in [-0.15, -0.1) is 11.3 Å². The Morgan fingerprint density at radius 1 is 1.54 bits per heavy atom. The van der Waals surface area contributed by atoms with Crippen molar-refractivity contribution in [3.05, 3.63) is 32.2 Å². The molecule has 66 valence electrons. The molecular formula is C7H3BrN2O2S. The Morgan fingerprint density at radius 3 is 3.00 bits per heavy atom. The van der Waals surface area contributed by atoms with Crippen molar-refractivity contribution in [2.24, 2.45) is 0 Å². The van der Waals surface area contributed by atoms with Crippen LogP contribution < -0.4 is 0 Å². The molecule has 0 saturated heterocycles. The van der Waals surface area contributed by atoms with E-state index < -0.39 is 4.92 Å². The first-order valence-electron chi connectivity index (χ1n) is 3.36. The van der Waals surface area contributed by atoms with Crippen molar-refractivity contribution in [2.75, 3.05) is 0 Å². The molecule has 0 spiro atoms. The van der Waals surface area contributed by atoms with Crippen LogP contribution in [0.2, 0.25) is 0 Å². The molecule has 1 aromatic carbocycles. The van der Waals surface area contributed by atoms with Crippen LogP contribution in [0.4, 0.5) is 5.69 Å². The van der Waals surface area contributed by atoms with Gasteiger partial charge in [0.05, 0.1) is 15.1 Å². The number of fused-ring (bicyclic) bond motifs is 1. The van der Waals surface area contributed by atoms with Gasteiger partial charge in [-0.2, -0.15) is 0 Å². The van der Waals surface area contributed by atoms with Crippen LogP contribution in [0.3, 0.4) is 0 Å². The van der Waals surface area contributed by atoms with Crippen molar-refractivity contribution in [3.8, 4) is 0 Å². The first-order valence-corrected chi connectivity index (χ1v) is 5.03. The van der Waals surface area contributed by atoms with Crippen LogP contribution in [0.15, 0.2) is 22.1 Å². The van der Waals surface area contributed by atoms with E-state index in [1.807, 2.05) is 0 Å². The average Bonchev–Trinajstić information content (AvgIpc) is 2.52. The van der Waals surface area contributed by atoms with Crippen LogP contribution >= 0.6 is 27.3 Å². The minimum absolute atomic E-state index is 0.0541. The minimum Gasteiger partial charge on any atom is -0.258 e. The lowest BCUT2D eigenvalue weighted by molar-refractivity contribution is -0.385. The van der Waals surface area contributed by atoms with E-state index in [1.54, 1.807) is 11.6 Å².